The van der Waals surface area contributed by atoms with E-state index in [1.807, 2.05) is 24.3 Å². The highest BCUT2D eigenvalue weighted by atomic mass is 35.5. The lowest BCUT2D eigenvalue weighted by molar-refractivity contribution is -0.149. The van der Waals surface area contributed by atoms with Gasteiger partial charge in [0, 0.05) is 43.6 Å². The molecule has 1 unspecified atom stereocenters. The van der Waals surface area contributed by atoms with E-state index in [9.17, 15) is 9.59 Å². The van der Waals surface area contributed by atoms with Crippen molar-refractivity contribution in [2.75, 3.05) is 37.7 Å². The molecule has 1 aliphatic rings. The highest BCUT2D eigenvalue weighted by molar-refractivity contribution is 7.98. The van der Waals surface area contributed by atoms with E-state index in [-0.39, 0.29) is 17.8 Å². The summed E-state index contributed by atoms with van der Waals surface area (Å²) in [6, 6.07) is 9.36. The van der Waals surface area contributed by atoms with Gasteiger partial charge in [0.15, 0.2) is 5.16 Å². The molecule has 0 aliphatic carbocycles. The Labute approximate surface area is 204 Å². The Morgan fingerprint density at radius 3 is 2.58 bits per heavy atom. The van der Waals surface area contributed by atoms with Gasteiger partial charge in [0.25, 0.3) is 5.91 Å². The second kappa shape index (κ2) is 12.2. The molecule has 3 rings (SSSR count). The van der Waals surface area contributed by atoms with E-state index in [1.54, 1.807) is 17.9 Å². The summed E-state index contributed by atoms with van der Waals surface area (Å²) in [6.07, 6.45) is 1.57. The normalized spacial score (nSPS) is 15.9. The zero-order chi connectivity index (χ0) is 23.8. The van der Waals surface area contributed by atoms with Crippen molar-refractivity contribution in [1.29, 1.82) is 0 Å². The number of hydrogen-bond acceptors (Lipinski definition) is 7. The molecule has 0 bridgehead atoms. The summed E-state index contributed by atoms with van der Waals surface area (Å²) in [6.45, 7) is 9.09. The van der Waals surface area contributed by atoms with Crippen molar-refractivity contribution in [2.45, 2.75) is 44.5 Å². The second-order valence-electron chi connectivity index (χ2n) is 7.83. The third-order valence-corrected chi connectivity index (χ3v) is 6.76. The molecule has 1 fully saturated rings. The Kier molecular flexibility index (Phi) is 9.38. The van der Waals surface area contributed by atoms with Crippen LogP contribution >= 0.6 is 23.4 Å². The van der Waals surface area contributed by atoms with E-state index in [1.165, 1.54) is 11.8 Å². The molecule has 1 aromatic carbocycles. The quantitative estimate of drug-likeness (QED) is 0.218. The molecular formula is C24H31ClN4O3S. The van der Waals surface area contributed by atoms with Gasteiger partial charge < -0.3 is 14.5 Å². The number of nitrogens with zero attached hydrogens (tertiary/aromatic N) is 4. The van der Waals surface area contributed by atoms with Crippen molar-refractivity contribution in [3.63, 3.8) is 0 Å². The first-order chi connectivity index (χ1) is 15.9. The minimum Gasteiger partial charge on any atom is -0.466 e. The number of aromatic nitrogens is 2. The third-order valence-electron chi connectivity index (χ3n) is 5.65. The molecule has 2 heterocycles. The first kappa shape index (κ1) is 25.3. The Hall–Kier alpha value is -2.32. The summed E-state index contributed by atoms with van der Waals surface area (Å²) >= 11 is 7.71. The van der Waals surface area contributed by atoms with E-state index in [0.717, 1.165) is 37.3 Å². The minimum absolute atomic E-state index is 0.0507. The molecule has 0 spiro atoms. The van der Waals surface area contributed by atoms with Gasteiger partial charge >= 0.3 is 5.97 Å². The van der Waals surface area contributed by atoms with E-state index in [2.05, 4.69) is 28.7 Å². The van der Waals surface area contributed by atoms with Crippen LogP contribution in [0.25, 0.3) is 0 Å². The Morgan fingerprint density at radius 2 is 1.91 bits per heavy atom. The number of hydrogen-bond donors (Lipinski definition) is 0. The molecule has 1 aliphatic heterocycles. The van der Waals surface area contributed by atoms with Crippen molar-refractivity contribution in [3.05, 3.63) is 46.6 Å². The number of benzene rings is 1. The molecule has 178 valence electrons. The van der Waals surface area contributed by atoms with Gasteiger partial charge in [-0.3, -0.25) is 9.59 Å². The zero-order valence-corrected chi connectivity index (χ0v) is 21.0. The maximum Gasteiger partial charge on any atom is 0.310 e. The van der Waals surface area contributed by atoms with Crippen LogP contribution in [0.5, 0.6) is 0 Å². The smallest absolute Gasteiger partial charge is 0.310 e. The zero-order valence-electron chi connectivity index (χ0n) is 19.4. The van der Waals surface area contributed by atoms with Crippen LogP contribution < -0.4 is 4.90 Å². The second-order valence-corrected chi connectivity index (χ2v) is 9.16. The van der Waals surface area contributed by atoms with Gasteiger partial charge in [0.05, 0.1) is 12.5 Å². The number of ether oxygens (including phenoxy) is 1. The van der Waals surface area contributed by atoms with Crippen molar-refractivity contribution in [2.24, 2.45) is 5.92 Å². The molecule has 2 aromatic rings. The number of halogens is 1. The average Bonchev–Trinajstić information content (AvgIpc) is 2.83. The monoisotopic (exact) mass is 490 g/mol. The molecule has 1 amide bonds. The number of carbonyl (C=O) groups excluding carboxylic acids is 2. The molecule has 1 aromatic heterocycles. The summed E-state index contributed by atoms with van der Waals surface area (Å²) in [5.74, 6) is 0.990. The molecule has 9 heteroatoms. The summed E-state index contributed by atoms with van der Waals surface area (Å²) in [4.78, 5) is 37.9. The molecule has 0 saturated carbocycles. The average molecular weight is 491 g/mol. The van der Waals surface area contributed by atoms with E-state index in [4.69, 9.17) is 16.3 Å². The lowest BCUT2D eigenvalue weighted by atomic mass is 9.97. The fourth-order valence-electron chi connectivity index (χ4n) is 3.85. The standard InChI is InChI=1S/C24H31ClN4O3S/c1-4-28(5-2)21-14-20(25)26-24(27-21)33-16-17-9-11-18(12-10-17)22(30)29-13-7-8-19(15-29)23(31)32-6-3/h9-12,14,19H,4-8,13,15-16H2,1-3H3. The van der Waals surface area contributed by atoms with E-state index in [0.29, 0.717) is 41.3 Å². The van der Waals surface area contributed by atoms with Crippen LogP contribution in [0.2, 0.25) is 5.15 Å². The molecule has 7 nitrogen and oxygen atoms in total. The van der Waals surface area contributed by atoms with Gasteiger partial charge in [0.1, 0.15) is 11.0 Å². The maximum absolute atomic E-state index is 12.9. The van der Waals surface area contributed by atoms with Crippen LogP contribution in [0.4, 0.5) is 5.82 Å². The third kappa shape index (κ3) is 6.84. The van der Waals surface area contributed by atoms with Crippen LogP contribution in [0.15, 0.2) is 35.5 Å². The number of carbonyl (C=O) groups is 2. The number of likely N-dealkylation sites (tertiary alicyclic amines) is 1. The van der Waals surface area contributed by atoms with Gasteiger partial charge in [-0.15, -0.1) is 0 Å². The van der Waals surface area contributed by atoms with Crippen LogP contribution in [-0.4, -0.2) is 59.5 Å². The van der Waals surface area contributed by atoms with Gasteiger partial charge in [-0.1, -0.05) is 35.5 Å². The maximum atomic E-state index is 12.9. The highest BCUT2D eigenvalue weighted by Gasteiger charge is 2.29. The Morgan fingerprint density at radius 1 is 1.18 bits per heavy atom. The number of piperidine rings is 1. The lowest BCUT2D eigenvalue weighted by Gasteiger charge is -2.31. The fourth-order valence-corrected chi connectivity index (χ4v) is 4.88. The predicted octanol–water partition coefficient (Wildman–Crippen LogP) is 4.68. The van der Waals surface area contributed by atoms with Gasteiger partial charge in [0.2, 0.25) is 0 Å². The highest BCUT2D eigenvalue weighted by Crippen LogP contribution is 2.25. The SMILES string of the molecule is CCOC(=O)C1CCCN(C(=O)c2ccc(CSc3nc(Cl)cc(N(CC)CC)n3)cc2)C1. The molecule has 1 saturated heterocycles. The summed E-state index contributed by atoms with van der Waals surface area (Å²) in [5, 5.41) is 1.06. The van der Waals surface area contributed by atoms with Gasteiger partial charge in [-0.25, -0.2) is 9.97 Å². The number of amides is 1. The molecule has 0 radical (unpaired) electrons. The van der Waals surface area contributed by atoms with Crippen LogP contribution in [0.3, 0.4) is 0 Å². The van der Waals surface area contributed by atoms with E-state index < -0.39 is 0 Å². The Bertz CT molecular complexity index is 953. The van der Waals surface area contributed by atoms with Crippen LogP contribution in [0, 0.1) is 5.92 Å². The van der Waals surface area contributed by atoms with Gasteiger partial charge in [-0.05, 0) is 51.3 Å². The minimum atomic E-state index is -0.239. The summed E-state index contributed by atoms with van der Waals surface area (Å²) in [5.41, 5.74) is 1.68. The topological polar surface area (TPSA) is 75.6 Å². The first-order valence-electron chi connectivity index (χ1n) is 11.4. The van der Waals surface area contributed by atoms with Crippen LogP contribution in [0.1, 0.15) is 49.5 Å². The van der Waals surface area contributed by atoms with Crippen molar-refractivity contribution < 1.29 is 14.3 Å². The molecule has 33 heavy (non-hydrogen) atoms. The first-order valence-corrected chi connectivity index (χ1v) is 12.8. The molecular weight excluding hydrogens is 460 g/mol. The Balaban J connectivity index is 1.60. The van der Waals surface area contributed by atoms with Crippen LogP contribution in [-0.2, 0) is 15.3 Å². The number of rotatable bonds is 9. The lowest BCUT2D eigenvalue weighted by Crippen LogP contribution is -2.42. The van der Waals surface area contributed by atoms with Crippen molar-refractivity contribution >= 4 is 41.1 Å². The summed E-state index contributed by atoms with van der Waals surface area (Å²) < 4.78 is 5.13. The van der Waals surface area contributed by atoms with Crippen molar-refractivity contribution in [1.82, 2.24) is 14.9 Å². The molecule has 1 atom stereocenters. The number of thioether (sulfide) groups is 1. The number of anilines is 1. The number of esters is 1. The fraction of sp³-hybridized carbons (Fsp3) is 0.500. The van der Waals surface area contributed by atoms with E-state index >= 15 is 0 Å². The molecule has 0 N–H and O–H groups in total. The largest absolute Gasteiger partial charge is 0.466 e. The van der Waals surface area contributed by atoms with Gasteiger partial charge in [-0.2, -0.15) is 0 Å². The predicted molar refractivity (Wildman–Crippen MR) is 132 cm³/mol. The van der Waals surface area contributed by atoms with Crippen molar-refractivity contribution in [3.8, 4) is 0 Å². The summed E-state index contributed by atoms with van der Waals surface area (Å²) in [7, 11) is 0.